The van der Waals surface area contributed by atoms with Gasteiger partial charge in [0.1, 0.15) is 0 Å². The predicted octanol–water partition coefficient (Wildman–Crippen LogP) is 7.83. The van der Waals surface area contributed by atoms with E-state index in [0.29, 0.717) is 0 Å². The first-order chi connectivity index (χ1) is 17.2. The van der Waals surface area contributed by atoms with Gasteiger partial charge < -0.3 is 9.88 Å². The highest BCUT2D eigenvalue weighted by atomic mass is 32.2. The van der Waals surface area contributed by atoms with Crippen molar-refractivity contribution in [1.29, 1.82) is 0 Å². The highest BCUT2D eigenvalue weighted by Gasteiger charge is 2.20. The van der Waals surface area contributed by atoms with Crippen molar-refractivity contribution in [2.24, 2.45) is 5.92 Å². The van der Waals surface area contributed by atoms with E-state index in [1.807, 2.05) is 11.8 Å². The minimum atomic E-state index is 0.165. The number of carbonyl (C=O) groups excluding carboxylic acids is 1. The summed E-state index contributed by atoms with van der Waals surface area (Å²) in [4.78, 5) is 17.6. The topological polar surface area (TPSA) is 46.9 Å². The molecule has 3 rings (SSSR count). The molecule has 4 nitrogen and oxygen atoms in total. The molecule has 2 aromatic carbocycles. The molecule has 0 fully saturated rings. The Bertz CT molecular complexity index is 1020. The second kappa shape index (κ2) is 14.8. The first-order valence-electron chi connectivity index (χ1n) is 13.3. The van der Waals surface area contributed by atoms with Crippen molar-refractivity contribution in [1.82, 2.24) is 14.9 Å². The first kappa shape index (κ1) is 27.1. The van der Waals surface area contributed by atoms with Crippen LogP contribution in [0.15, 0.2) is 65.8 Å². The standard InChI is InChI=1S/C30H41N3OS/c1-4-7-16-24(6-3)29(34)31-21-14-15-23-35-30-32-27(25-17-10-8-11-18-25)28(33(30)22-5-2)26-19-12-9-13-20-26/h8-13,17-20,24H,4-7,14-16,21-23H2,1-3H3,(H,31,34). The van der Waals surface area contributed by atoms with Crippen LogP contribution >= 0.6 is 11.8 Å². The lowest BCUT2D eigenvalue weighted by molar-refractivity contribution is -0.125. The first-order valence-corrected chi connectivity index (χ1v) is 14.3. The van der Waals surface area contributed by atoms with Crippen LogP contribution in [0.25, 0.3) is 22.5 Å². The monoisotopic (exact) mass is 491 g/mol. The van der Waals surface area contributed by atoms with Crippen molar-refractivity contribution < 1.29 is 4.79 Å². The molecule has 188 valence electrons. The van der Waals surface area contributed by atoms with Crippen molar-refractivity contribution in [3.8, 4) is 22.5 Å². The minimum absolute atomic E-state index is 0.165. The molecule has 1 atom stereocenters. The van der Waals surface area contributed by atoms with Gasteiger partial charge in [0, 0.05) is 35.9 Å². The largest absolute Gasteiger partial charge is 0.356 e. The highest BCUT2D eigenvalue weighted by molar-refractivity contribution is 7.99. The summed E-state index contributed by atoms with van der Waals surface area (Å²) in [7, 11) is 0. The molecule has 0 aliphatic carbocycles. The molecule has 1 amide bonds. The zero-order valence-corrected chi connectivity index (χ0v) is 22.4. The van der Waals surface area contributed by atoms with Crippen LogP contribution in [-0.4, -0.2) is 27.8 Å². The number of unbranched alkanes of at least 4 members (excludes halogenated alkanes) is 2. The molecule has 0 spiro atoms. The fourth-order valence-electron chi connectivity index (χ4n) is 4.38. The number of rotatable bonds is 15. The summed E-state index contributed by atoms with van der Waals surface area (Å²) in [6.45, 7) is 8.22. The zero-order chi connectivity index (χ0) is 24.9. The van der Waals surface area contributed by atoms with Gasteiger partial charge in [-0.15, -0.1) is 0 Å². The molecule has 0 bridgehead atoms. The lowest BCUT2D eigenvalue weighted by Crippen LogP contribution is -2.31. The maximum absolute atomic E-state index is 12.4. The summed E-state index contributed by atoms with van der Waals surface area (Å²) >= 11 is 1.83. The number of imidazole rings is 1. The number of hydrogen-bond acceptors (Lipinski definition) is 3. The normalized spacial score (nSPS) is 12.0. The molecular formula is C30H41N3OS. The average molecular weight is 492 g/mol. The molecule has 0 aliphatic rings. The van der Waals surface area contributed by atoms with Crippen LogP contribution in [-0.2, 0) is 11.3 Å². The van der Waals surface area contributed by atoms with Crippen LogP contribution in [0.1, 0.15) is 65.7 Å². The van der Waals surface area contributed by atoms with Gasteiger partial charge in [-0.1, -0.05) is 106 Å². The van der Waals surface area contributed by atoms with Gasteiger partial charge in [0.2, 0.25) is 5.91 Å². The summed E-state index contributed by atoms with van der Waals surface area (Å²) in [6, 6.07) is 21.1. The van der Waals surface area contributed by atoms with Crippen molar-refractivity contribution in [2.75, 3.05) is 12.3 Å². The molecule has 1 heterocycles. The highest BCUT2D eigenvalue weighted by Crippen LogP contribution is 2.36. The van der Waals surface area contributed by atoms with Gasteiger partial charge in [-0.3, -0.25) is 4.79 Å². The van der Waals surface area contributed by atoms with Crippen LogP contribution < -0.4 is 5.32 Å². The van der Waals surface area contributed by atoms with Crippen molar-refractivity contribution in [2.45, 2.75) is 77.4 Å². The van der Waals surface area contributed by atoms with E-state index >= 15 is 0 Å². The Morgan fingerprint density at radius 2 is 1.60 bits per heavy atom. The molecule has 0 radical (unpaired) electrons. The van der Waals surface area contributed by atoms with E-state index in [2.05, 4.69) is 91.3 Å². The van der Waals surface area contributed by atoms with Gasteiger partial charge in [-0.25, -0.2) is 4.98 Å². The van der Waals surface area contributed by atoms with E-state index < -0.39 is 0 Å². The Morgan fingerprint density at radius 1 is 0.914 bits per heavy atom. The Hall–Kier alpha value is -2.53. The molecule has 0 saturated carbocycles. The molecule has 1 N–H and O–H groups in total. The van der Waals surface area contributed by atoms with Gasteiger partial charge in [-0.05, 0) is 32.1 Å². The Kier molecular flexibility index (Phi) is 11.4. The minimum Gasteiger partial charge on any atom is -0.356 e. The fraction of sp³-hybridized carbons (Fsp3) is 0.467. The van der Waals surface area contributed by atoms with E-state index in [4.69, 9.17) is 4.98 Å². The molecule has 1 aromatic heterocycles. The third kappa shape index (κ3) is 7.73. The molecule has 3 aromatic rings. The Balaban J connectivity index is 1.65. The second-order valence-corrected chi connectivity index (χ2v) is 10.1. The fourth-order valence-corrected chi connectivity index (χ4v) is 5.40. The van der Waals surface area contributed by atoms with Gasteiger partial charge >= 0.3 is 0 Å². The van der Waals surface area contributed by atoms with Gasteiger partial charge in [0.25, 0.3) is 0 Å². The van der Waals surface area contributed by atoms with Gasteiger partial charge in [0.05, 0.1) is 11.4 Å². The zero-order valence-electron chi connectivity index (χ0n) is 21.6. The van der Waals surface area contributed by atoms with E-state index in [1.165, 1.54) is 11.3 Å². The third-order valence-electron chi connectivity index (χ3n) is 6.35. The molecule has 5 heteroatoms. The maximum atomic E-state index is 12.4. The van der Waals surface area contributed by atoms with Crippen LogP contribution in [0.3, 0.4) is 0 Å². The van der Waals surface area contributed by atoms with Crippen molar-refractivity contribution >= 4 is 17.7 Å². The van der Waals surface area contributed by atoms with Crippen LogP contribution in [0, 0.1) is 5.92 Å². The quantitative estimate of drug-likeness (QED) is 0.174. The van der Waals surface area contributed by atoms with Crippen LogP contribution in [0.4, 0.5) is 0 Å². The van der Waals surface area contributed by atoms with E-state index in [1.54, 1.807) is 0 Å². The summed E-state index contributed by atoms with van der Waals surface area (Å²) in [5.41, 5.74) is 4.61. The van der Waals surface area contributed by atoms with Gasteiger partial charge in [0.15, 0.2) is 5.16 Å². The number of aromatic nitrogens is 2. The van der Waals surface area contributed by atoms with Crippen LogP contribution in [0.2, 0.25) is 0 Å². The van der Waals surface area contributed by atoms with Crippen molar-refractivity contribution in [3.63, 3.8) is 0 Å². The summed E-state index contributed by atoms with van der Waals surface area (Å²) in [5, 5.41) is 4.24. The average Bonchev–Trinajstić information content (AvgIpc) is 3.26. The van der Waals surface area contributed by atoms with E-state index in [-0.39, 0.29) is 11.8 Å². The van der Waals surface area contributed by atoms with Gasteiger partial charge in [-0.2, -0.15) is 0 Å². The molecule has 0 aliphatic heterocycles. The third-order valence-corrected chi connectivity index (χ3v) is 7.41. The SMILES string of the molecule is CCCCC(CC)C(=O)NCCCCSc1nc(-c2ccccc2)c(-c2ccccc2)n1CCC. The smallest absolute Gasteiger partial charge is 0.223 e. The van der Waals surface area contributed by atoms with Crippen molar-refractivity contribution in [3.05, 3.63) is 60.7 Å². The van der Waals surface area contributed by atoms with E-state index in [0.717, 1.165) is 80.2 Å². The number of amides is 1. The Morgan fingerprint density at radius 3 is 2.23 bits per heavy atom. The Labute approximate surface area is 215 Å². The number of benzene rings is 2. The lowest BCUT2D eigenvalue weighted by Gasteiger charge is -2.14. The molecule has 1 unspecified atom stereocenters. The predicted molar refractivity (Wildman–Crippen MR) is 150 cm³/mol. The number of thioether (sulfide) groups is 1. The molecule has 0 saturated heterocycles. The second-order valence-electron chi connectivity index (χ2n) is 9.07. The number of nitrogens with one attached hydrogen (secondary N) is 1. The van der Waals surface area contributed by atoms with E-state index in [9.17, 15) is 4.79 Å². The summed E-state index contributed by atoms with van der Waals surface area (Å²) < 4.78 is 2.39. The molecule has 35 heavy (non-hydrogen) atoms. The van der Waals surface area contributed by atoms with Crippen LogP contribution in [0.5, 0.6) is 0 Å². The number of carbonyl (C=O) groups is 1. The summed E-state index contributed by atoms with van der Waals surface area (Å²) in [5.74, 6) is 1.39. The lowest BCUT2D eigenvalue weighted by atomic mass is 9.98. The number of hydrogen-bond donors (Lipinski definition) is 1. The number of nitrogens with zero attached hydrogens (tertiary/aromatic N) is 2. The maximum Gasteiger partial charge on any atom is 0.223 e. The molecular weight excluding hydrogens is 450 g/mol. The summed E-state index contributed by atoms with van der Waals surface area (Å²) in [6.07, 6.45) is 7.30.